The van der Waals surface area contributed by atoms with E-state index < -0.39 is 23.8 Å². The molecule has 0 amide bonds. The minimum Gasteiger partial charge on any atom is -0.491 e. The Kier molecular flexibility index (Phi) is 5.91. The van der Waals surface area contributed by atoms with E-state index in [9.17, 15) is 28.4 Å². The molecule has 9 heteroatoms. The van der Waals surface area contributed by atoms with Crippen LogP contribution >= 0.6 is 0 Å². The standard InChI is InChI=1S/C12H14F3NO5/c1-8(17)10-6-9(16(18)19)2-3-11(10)21-5-4-20-7-12(13,14)15/h2-3,6,8,17H,4-5,7H2,1H3/t8-/m0/s1. The Labute approximate surface area is 118 Å². The van der Waals surface area contributed by atoms with Crippen LogP contribution in [-0.4, -0.2) is 36.0 Å². The van der Waals surface area contributed by atoms with Gasteiger partial charge in [-0.3, -0.25) is 10.1 Å². The van der Waals surface area contributed by atoms with Gasteiger partial charge < -0.3 is 14.6 Å². The van der Waals surface area contributed by atoms with Gasteiger partial charge in [-0.05, 0) is 13.0 Å². The highest BCUT2D eigenvalue weighted by Gasteiger charge is 2.27. The molecule has 0 heterocycles. The van der Waals surface area contributed by atoms with E-state index in [1.807, 2.05) is 0 Å². The van der Waals surface area contributed by atoms with E-state index in [4.69, 9.17) is 4.74 Å². The van der Waals surface area contributed by atoms with Crippen LogP contribution in [0, 0.1) is 10.1 Å². The van der Waals surface area contributed by atoms with Gasteiger partial charge in [-0.25, -0.2) is 0 Å². The number of nitrogens with zero attached hydrogens (tertiary/aromatic N) is 1. The van der Waals surface area contributed by atoms with Gasteiger partial charge in [0, 0.05) is 17.7 Å². The average molecular weight is 309 g/mol. The minimum absolute atomic E-state index is 0.159. The molecule has 0 aromatic heterocycles. The third-order valence-corrected chi connectivity index (χ3v) is 2.41. The fourth-order valence-corrected chi connectivity index (χ4v) is 1.51. The number of halogens is 3. The summed E-state index contributed by atoms with van der Waals surface area (Å²) in [6.07, 6.45) is -5.42. The Bertz CT molecular complexity index is 490. The van der Waals surface area contributed by atoms with Crippen LogP contribution in [0.2, 0.25) is 0 Å². The molecule has 1 N–H and O–H groups in total. The number of hydrogen-bond donors (Lipinski definition) is 1. The number of non-ortho nitro benzene ring substituents is 1. The first kappa shape index (κ1) is 17.2. The maximum absolute atomic E-state index is 11.8. The van der Waals surface area contributed by atoms with E-state index in [0.29, 0.717) is 0 Å². The van der Waals surface area contributed by atoms with Crippen LogP contribution in [0.3, 0.4) is 0 Å². The SMILES string of the molecule is C[C@H](O)c1cc([N+](=O)[O-])ccc1OCCOCC(F)(F)F. The molecule has 0 saturated carbocycles. The zero-order chi connectivity index (χ0) is 16.0. The zero-order valence-corrected chi connectivity index (χ0v) is 11.1. The first-order valence-corrected chi connectivity index (χ1v) is 5.94. The Morgan fingerprint density at radius 3 is 2.57 bits per heavy atom. The van der Waals surface area contributed by atoms with Crippen LogP contribution in [-0.2, 0) is 4.74 Å². The van der Waals surface area contributed by atoms with Crippen LogP contribution in [0.25, 0.3) is 0 Å². The van der Waals surface area contributed by atoms with Gasteiger partial charge in [-0.2, -0.15) is 13.2 Å². The van der Waals surface area contributed by atoms with E-state index in [0.717, 1.165) is 6.07 Å². The molecule has 118 valence electrons. The fourth-order valence-electron chi connectivity index (χ4n) is 1.51. The number of alkyl halides is 3. The van der Waals surface area contributed by atoms with Crippen molar-refractivity contribution >= 4 is 5.69 Å². The first-order chi connectivity index (χ1) is 9.70. The third kappa shape index (κ3) is 5.96. The predicted octanol–water partition coefficient (Wildman–Crippen LogP) is 2.61. The largest absolute Gasteiger partial charge is 0.491 e. The second kappa shape index (κ2) is 7.23. The topological polar surface area (TPSA) is 81.8 Å². The Morgan fingerprint density at radius 2 is 2.05 bits per heavy atom. The van der Waals surface area contributed by atoms with E-state index in [1.54, 1.807) is 0 Å². The Balaban J connectivity index is 2.60. The summed E-state index contributed by atoms with van der Waals surface area (Å²) < 4.78 is 45.0. The van der Waals surface area contributed by atoms with Gasteiger partial charge in [0.25, 0.3) is 5.69 Å². The molecule has 0 aliphatic rings. The lowest BCUT2D eigenvalue weighted by Crippen LogP contribution is -2.19. The molecule has 21 heavy (non-hydrogen) atoms. The van der Waals surface area contributed by atoms with Crippen LogP contribution < -0.4 is 4.74 Å². The summed E-state index contributed by atoms with van der Waals surface area (Å²) in [7, 11) is 0. The van der Waals surface area contributed by atoms with Gasteiger partial charge in [0.2, 0.25) is 0 Å². The van der Waals surface area contributed by atoms with E-state index in [2.05, 4.69) is 4.74 Å². The predicted molar refractivity (Wildman–Crippen MR) is 66.1 cm³/mol. The zero-order valence-electron chi connectivity index (χ0n) is 11.1. The van der Waals surface area contributed by atoms with Crippen molar-refractivity contribution in [1.82, 2.24) is 0 Å². The van der Waals surface area contributed by atoms with E-state index in [-0.39, 0.29) is 30.2 Å². The van der Waals surface area contributed by atoms with Crippen LogP contribution in [0.1, 0.15) is 18.6 Å². The highest BCUT2D eigenvalue weighted by atomic mass is 19.4. The van der Waals surface area contributed by atoms with Gasteiger partial charge in [0.05, 0.1) is 17.6 Å². The van der Waals surface area contributed by atoms with Gasteiger partial charge >= 0.3 is 6.18 Å². The number of benzene rings is 1. The summed E-state index contributed by atoms with van der Waals surface area (Å²) in [5.41, 5.74) is -0.0356. The quantitative estimate of drug-likeness (QED) is 0.475. The molecule has 0 fully saturated rings. The number of nitro benzene ring substituents is 1. The molecule has 1 aromatic rings. The summed E-state index contributed by atoms with van der Waals surface area (Å²) in [5.74, 6) is 0.159. The number of aliphatic hydroxyl groups is 1. The smallest absolute Gasteiger partial charge is 0.411 e. The molecular formula is C12H14F3NO5. The van der Waals surface area contributed by atoms with E-state index in [1.165, 1.54) is 19.1 Å². The Morgan fingerprint density at radius 1 is 1.38 bits per heavy atom. The van der Waals surface area contributed by atoms with Crippen molar-refractivity contribution in [2.75, 3.05) is 19.8 Å². The van der Waals surface area contributed by atoms with Crippen molar-refractivity contribution in [3.63, 3.8) is 0 Å². The molecule has 0 aliphatic heterocycles. The summed E-state index contributed by atoms with van der Waals surface area (Å²) in [6, 6.07) is 3.61. The van der Waals surface area contributed by atoms with Crippen LogP contribution in [0.15, 0.2) is 18.2 Å². The maximum atomic E-state index is 11.8. The number of nitro groups is 1. The first-order valence-electron chi connectivity index (χ1n) is 5.94. The molecule has 1 aromatic carbocycles. The van der Waals surface area contributed by atoms with Crippen molar-refractivity contribution < 1.29 is 32.7 Å². The van der Waals surface area contributed by atoms with Gasteiger partial charge in [0.1, 0.15) is 19.0 Å². The number of aliphatic hydroxyl groups excluding tert-OH is 1. The van der Waals surface area contributed by atoms with Crippen molar-refractivity contribution in [2.45, 2.75) is 19.2 Å². The molecule has 6 nitrogen and oxygen atoms in total. The van der Waals surface area contributed by atoms with Crippen molar-refractivity contribution in [1.29, 1.82) is 0 Å². The van der Waals surface area contributed by atoms with Gasteiger partial charge in [-0.15, -0.1) is 0 Å². The average Bonchev–Trinajstić information content (AvgIpc) is 2.36. The molecule has 0 aliphatic carbocycles. The second-order valence-corrected chi connectivity index (χ2v) is 4.17. The lowest BCUT2D eigenvalue weighted by molar-refractivity contribution is -0.385. The lowest BCUT2D eigenvalue weighted by Gasteiger charge is -2.13. The molecule has 0 bridgehead atoms. The van der Waals surface area contributed by atoms with Crippen molar-refractivity contribution in [3.8, 4) is 5.75 Å². The van der Waals surface area contributed by atoms with Gasteiger partial charge in [-0.1, -0.05) is 0 Å². The molecule has 1 rings (SSSR count). The third-order valence-electron chi connectivity index (χ3n) is 2.41. The molecule has 0 radical (unpaired) electrons. The van der Waals surface area contributed by atoms with E-state index >= 15 is 0 Å². The summed E-state index contributed by atoms with van der Waals surface area (Å²) >= 11 is 0. The number of ether oxygens (including phenoxy) is 2. The molecule has 0 saturated heterocycles. The van der Waals surface area contributed by atoms with Crippen LogP contribution in [0.4, 0.5) is 18.9 Å². The highest BCUT2D eigenvalue weighted by Crippen LogP contribution is 2.29. The van der Waals surface area contributed by atoms with Gasteiger partial charge in [0.15, 0.2) is 0 Å². The molecule has 1 atom stereocenters. The Hall–Kier alpha value is -1.87. The molecular weight excluding hydrogens is 295 g/mol. The molecule has 0 spiro atoms. The number of hydrogen-bond acceptors (Lipinski definition) is 5. The summed E-state index contributed by atoms with van der Waals surface area (Å²) in [5, 5.41) is 20.2. The second-order valence-electron chi connectivity index (χ2n) is 4.17. The normalized spacial score (nSPS) is 13.0. The molecule has 0 unspecified atom stereocenters. The maximum Gasteiger partial charge on any atom is 0.411 e. The summed E-state index contributed by atoms with van der Waals surface area (Å²) in [6.45, 7) is -0.449. The fraction of sp³-hybridized carbons (Fsp3) is 0.500. The van der Waals surface area contributed by atoms with Crippen LogP contribution in [0.5, 0.6) is 5.75 Å². The highest BCUT2D eigenvalue weighted by molar-refractivity contribution is 5.44. The number of rotatable bonds is 7. The minimum atomic E-state index is -4.40. The van der Waals surface area contributed by atoms with Crippen molar-refractivity contribution in [3.05, 3.63) is 33.9 Å². The van der Waals surface area contributed by atoms with Crippen molar-refractivity contribution in [2.24, 2.45) is 0 Å². The lowest BCUT2D eigenvalue weighted by atomic mass is 10.1. The monoisotopic (exact) mass is 309 g/mol. The summed E-state index contributed by atoms with van der Waals surface area (Å²) in [4.78, 5) is 10.0.